The maximum atomic E-state index is 10.7. The Balaban J connectivity index is 0.000000151. The SMILES string of the molecule is O=c1ccc2ccccc2o1.Oc1cc(O)cc(O)c1. The molecule has 0 radical (unpaired) electrons. The number of aromatic hydroxyl groups is 3. The average Bonchev–Trinajstić information content (AvgIpc) is 2.37. The summed E-state index contributed by atoms with van der Waals surface area (Å²) in [5.74, 6) is -0.437. The molecule has 102 valence electrons. The standard InChI is InChI=1S/C9H6O2.C6H6O3/c10-9-6-5-7-3-1-2-4-8(7)11-9;7-4-1-5(8)3-6(9)2-4/h1-6H;1-3,7-9H. The number of phenols is 3. The first kappa shape index (κ1) is 13.5. The molecule has 0 unspecified atom stereocenters. The van der Waals surface area contributed by atoms with Gasteiger partial charge in [-0.3, -0.25) is 0 Å². The van der Waals surface area contributed by atoms with Crippen LogP contribution >= 0.6 is 0 Å². The Kier molecular flexibility index (Phi) is 3.91. The van der Waals surface area contributed by atoms with Crippen LogP contribution in [0.25, 0.3) is 11.0 Å². The fraction of sp³-hybridized carbons (Fsp3) is 0. The Morgan fingerprint density at radius 2 is 1.30 bits per heavy atom. The third-order valence-electron chi connectivity index (χ3n) is 2.42. The van der Waals surface area contributed by atoms with Gasteiger partial charge >= 0.3 is 5.63 Å². The molecular weight excluding hydrogens is 260 g/mol. The lowest BCUT2D eigenvalue weighted by atomic mass is 10.2. The average molecular weight is 272 g/mol. The zero-order chi connectivity index (χ0) is 14.5. The number of phenolic OH excluding ortho intramolecular Hbond substituents is 3. The van der Waals surface area contributed by atoms with Gasteiger partial charge in [0.1, 0.15) is 22.8 Å². The molecule has 0 spiro atoms. The molecule has 1 aromatic heterocycles. The summed E-state index contributed by atoms with van der Waals surface area (Å²) in [4.78, 5) is 10.7. The van der Waals surface area contributed by atoms with Gasteiger partial charge < -0.3 is 19.7 Å². The normalized spacial score (nSPS) is 9.80. The number of rotatable bonds is 0. The van der Waals surface area contributed by atoms with Crippen molar-refractivity contribution in [2.75, 3.05) is 0 Å². The minimum atomic E-state index is -0.302. The topological polar surface area (TPSA) is 90.9 Å². The predicted molar refractivity (Wildman–Crippen MR) is 73.9 cm³/mol. The molecule has 3 rings (SSSR count). The molecule has 0 saturated heterocycles. The highest BCUT2D eigenvalue weighted by atomic mass is 16.4. The maximum absolute atomic E-state index is 10.7. The first-order valence-corrected chi connectivity index (χ1v) is 5.75. The molecule has 0 atom stereocenters. The highest BCUT2D eigenvalue weighted by Crippen LogP contribution is 2.23. The van der Waals surface area contributed by atoms with Crippen molar-refractivity contribution in [3.63, 3.8) is 0 Å². The van der Waals surface area contributed by atoms with Gasteiger partial charge in [0, 0.05) is 29.7 Å². The van der Waals surface area contributed by atoms with Crippen LogP contribution in [0.15, 0.2) is 63.8 Å². The summed E-state index contributed by atoms with van der Waals surface area (Å²) >= 11 is 0. The van der Waals surface area contributed by atoms with E-state index in [1.165, 1.54) is 6.07 Å². The third kappa shape index (κ3) is 3.52. The van der Waals surface area contributed by atoms with Crippen LogP contribution < -0.4 is 5.63 Å². The van der Waals surface area contributed by atoms with Gasteiger partial charge in [0.2, 0.25) is 0 Å². The summed E-state index contributed by atoms with van der Waals surface area (Å²) in [6.07, 6.45) is 0. The molecule has 0 fully saturated rings. The third-order valence-corrected chi connectivity index (χ3v) is 2.42. The Labute approximate surface area is 114 Å². The van der Waals surface area contributed by atoms with E-state index in [1.54, 1.807) is 12.1 Å². The summed E-state index contributed by atoms with van der Waals surface area (Å²) in [5.41, 5.74) is 0.337. The second-order valence-electron chi connectivity index (χ2n) is 4.00. The fourth-order valence-corrected chi connectivity index (χ4v) is 1.59. The number of hydrogen-bond donors (Lipinski definition) is 3. The van der Waals surface area contributed by atoms with E-state index in [4.69, 9.17) is 19.7 Å². The van der Waals surface area contributed by atoms with Crippen LogP contribution in [0.3, 0.4) is 0 Å². The fourth-order valence-electron chi connectivity index (χ4n) is 1.59. The van der Waals surface area contributed by atoms with E-state index < -0.39 is 0 Å². The highest BCUT2D eigenvalue weighted by molar-refractivity contribution is 5.75. The van der Waals surface area contributed by atoms with Crippen LogP contribution in [-0.2, 0) is 0 Å². The van der Waals surface area contributed by atoms with E-state index in [-0.39, 0.29) is 22.9 Å². The summed E-state index contributed by atoms with van der Waals surface area (Å²) < 4.78 is 4.91. The largest absolute Gasteiger partial charge is 0.508 e. The molecule has 0 bridgehead atoms. The van der Waals surface area contributed by atoms with Crippen LogP contribution in [0.5, 0.6) is 17.2 Å². The summed E-state index contributed by atoms with van der Waals surface area (Å²) in [7, 11) is 0. The van der Waals surface area contributed by atoms with Crippen molar-refractivity contribution >= 4 is 11.0 Å². The number of fused-ring (bicyclic) bond motifs is 1. The van der Waals surface area contributed by atoms with E-state index in [1.807, 2.05) is 18.2 Å². The minimum Gasteiger partial charge on any atom is -0.508 e. The van der Waals surface area contributed by atoms with Crippen LogP contribution in [0, 0.1) is 0 Å². The van der Waals surface area contributed by atoms with Gasteiger partial charge in [0.05, 0.1) is 0 Å². The summed E-state index contributed by atoms with van der Waals surface area (Å²) in [6.45, 7) is 0. The van der Waals surface area contributed by atoms with Gasteiger partial charge in [-0.2, -0.15) is 0 Å². The Morgan fingerprint density at radius 1 is 0.750 bits per heavy atom. The molecule has 0 saturated carbocycles. The van der Waals surface area contributed by atoms with Crippen LogP contribution in [0.2, 0.25) is 0 Å². The molecule has 3 aromatic rings. The smallest absolute Gasteiger partial charge is 0.336 e. The molecule has 5 nitrogen and oxygen atoms in total. The zero-order valence-electron chi connectivity index (χ0n) is 10.4. The maximum Gasteiger partial charge on any atom is 0.336 e. The van der Waals surface area contributed by atoms with Gasteiger partial charge in [0.25, 0.3) is 0 Å². The number of hydrogen-bond acceptors (Lipinski definition) is 5. The van der Waals surface area contributed by atoms with E-state index >= 15 is 0 Å². The van der Waals surface area contributed by atoms with Crippen molar-refractivity contribution in [3.05, 3.63) is 65.0 Å². The summed E-state index contributed by atoms with van der Waals surface area (Å²) in [5, 5.41) is 27.0. The van der Waals surface area contributed by atoms with Crippen molar-refractivity contribution in [1.29, 1.82) is 0 Å². The molecule has 20 heavy (non-hydrogen) atoms. The quantitative estimate of drug-likeness (QED) is 0.547. The van der Waals surface area contributed by atoms with Crippen molar-refractivity contribution < 1.29 is 19.7 Å². The van der Waals surface area contributed by atoms with Crippen molar-refractivity contribution in [2.45, 2.75) is 0 Å². The van der Waals surface area contributed by atoms with Crippen LogP contribution in [0.4, 0.5) is 0 Å². The van der Waals surface area contributed by atoms with E-state index in [0.717, 1.165) is 23.6 Å². The molecule has 0 aliphatic rings. The van der Waals surface area contributed by atoms with Crippen LogP contribution in [0.1, 0.15) is 0 Å². The molecule has 0 aliphatic heterocycles. The molecule has 2 aromatic carbocycles. The van der Waals surface area contributed by atoms with Crippen molar-refractivity contribution in [3.8, 4) is 17.2 Å². The monoisotopic (exact) mass is 272 g/mol. The highest BCUT2D eigenvalue weighted by Gasteiger charge is 1.94. The van der Waals surface area contributed by atoms with Crippen molar-refractivity contribution in [1.82, 2.24) is 0 Å². The van der Waals surface area contributed by atoms with Crippen molar-refractivity contribution in [2.24, 2.45) is 0 Å². The second-order valence-corrected chi connectivity index (χ2v) is 4.00. The number of para-hydroxylation sites is 1. The van der Waals surface area contributed by atoms with E-state index in [9.17, 15) is 4.79 Å². The molecule has 1 heterocycles. The number of benzene rings is 2. The van der Waals surface area contributed by atoms with Gasteiger partial charge in [-0.25, -0.2) is 4.79 Å². The van der Waals surface area contributed by atoms with Gasteiger partial charge in [0.15, 0.2) is 0 Å². The minimum absolute atomic E-state index is 0.146. The van der Waals surface area contributed by atoms with E-state index in [0.29, 0.717) is 5.58 Å². The molecule has 3 N–H and O–H groups in total. The molecule has 5 heteroatoms. The van der Waals surface area contributed by atoms with E-state index in [2.05, 4.69) is 0 Å². The van der Waals surface area contributed by atoms with Crippen LogP contribution in [-0.4, -0.2) is 15.3 Å². The Hall–Kier alpha value is -2.95. The zero-order valence-corrected chi connectivity index (χ0v) is 10.4. The van der Waals surface area contributed by atoms with Gasteiger partial charge in [-0.15, -0.1) is 0 Å². The lowest BCUT2D eigenvalue weighted by Gasteiger charge is -1.94. The first-order valence-electron chi connectivity index (χ1n) is 5.75. The Morgan fingerprint density at radius 3 is 1.90 bits per heavy atom. The van der Waals surface area contributed by atoms with Gasteiger partial charge in [-0.1, -0.05) is 18.2 Å². The molecule has 0 amide bonds. The Bertz CT molecular complexity index is 726. The van der Waals surface area contributed by atoms with Gasteiger partial charge in [-0.05, 0) is 12.1 Å². The predicted octanol–water partition coefficient (Wildman–Crippen LogP) is 2.60. The lowest BCUT2D eigenvalue weighted by molar-refractivity contribution is 0.428. The second kappa shape index (κ2) is 5.79. The molecule has 0 aliphatic carbocycles. The molecular formula is C15H12O5. The summed E-state index contributed by atoms with van der Waals surface area (Å²) in [6, 6.07) is 14.0. The lowest BCUT2D eigenvalue weighted by Crippen LogP contribution is -1.93. The first-order chi connectivity index (χ1) is 9.54.